The molecule has 0 heterocycles. The van der Waals surface area contributed by atoms with Gasteiger partial charge in [-0.3, -0.25) is 9.69 Å². The van der Waals surface area contributed by atoms with Crippen LogP contribution in [0.1, 0.15) is 19.8 Å². The minimum absolute atomic E-state index is 0.0607. The SMILES string of the molecule is CCOC(=O)CCN(CCO)CCNCCC(O)OC. The van der Waals surface area contributed by atoms with Gasteiger partial charge in [-0.1, -0.05) is 0 Å². The third-order valence-corrected chi connectivity index (χ3v) is 2.80. The number of rotatable bonds is 13. The van der Waals surface area contributed by atoms with Crippen LogP contribution in [0.15, 0.2) is 0 Å². The molecule has 0 radical (unpaired) electrons. The van der Waals surface area contributed by atoms with Gasteiger partial charge in [-0.25, -0.2) is 0 Å². The molecule has 0 saturated carbocycles. The van der Waals surface area contributed by atoms with Gasteiger partial charge < -0.3 is 25.0 Å². The van der Waals surface area contributed by atoms with Gasteiger partial charge in [0.1, 0.15) is 0 Å². The zero-order valence-corrected chi connectivity index (χ0v) is 12.5. The Labute approximate surface area is 120 Å². The van der Waals surface area contributed by atoms with Gasteiger partial charge in [0.2, 0.25) is 0 Å². The number of carbonyl (C=O) groups excluding carboxylic acids is 1. The third-order valence-electron chi connectivity index (χ3n) is 2.80. The molecular formula is C13H28N2O5. The van der Waals surface area contributed by atoms with E-state index in [1.165, 1.54) is 7.11 Å². The number of carbonyl (C=O) groups is 1. The second-order valence-electron chi connectivity index (χ2n) is 4.35. The van der Waals surface area contributed by atoms with Gasteiger partial charge in [0, 0.05) is 39.7 Å². The molecule has 1 atom stereocenters. The smallest absolute Gasteiger partial charge is 0.307 e. The first kappa shape index (κ1) is 19.3. The van der Waals surface area contributed by atoms with Crippen LogP contribution >= 0.6 is 0 Å². The standard InChI is InChI=1S/C13H28N2O5/c1-3-20-13(18)5-8-15(10-11-16)9-7-14-6-4-12(17)19-2/h12,14,16-17H,3-11H2,1-2H3. The zero-order chi connectivity index (χ0) is 15.2. The summed E-state index contributed by atoms with van der Waals surface area (Å²) in [4.78, 5) is 13.3. The van der Waals surface area contributed by atoms with Crippen molar-refractivity contribution in [1.82, 2.24) is 10.2 Å². The number of esters is 1. The molecule has 0 fully saturated rings. The Morgan fingerprint density at radius 3 is 2.65 bits per heavy atom. The van der Waals surface area contributed by atoms with Crippen LogP contribution in [-0.4, -0.2) is 80.4 Å². The lowest BCUT2D eigenvalue weighted by Crippen LogP contribution is -2.36. The Bertz CT molecular complexity index is 241. The summed E-state index contributed by atoms with van der Waals surface area (Å²) >= 11 is 0. The summed E-state index contributed by atoms with van der Waals surface area (Å²) in [6.07, 6.45) is 0.120. The van der Waals surface area contributed by atoms with Crippen molar-refractivity contribution in [2.75, 3.05) is 53.0 Å². The molecule has 0 saturated heterocycles. The summed E-state index contributed by atoms with van der Waals surface area (Å²) in [7, 11) is 1.46. The van der Waals surface area contributed by atoms with Gasteiger partial charge in [0.15, 0.2) is 6.29 Å². The zero-order valence-electron chi connectivity index (χ0n) is 12.5. The van der Waals surface area contributed by atoms with Crippen molar-refractivity contribution in [2.45, 2.75) is 26.1 Å². The lowest BCUT2D eigenvalue weighted by atomic mass is 10.3. The maximum absolute atomic E-state index is 11.3. The van der Waals surface area contributed by atoms with Crippen LogP contribution in [0.4, 0.5) is 0 Å². The first-order valence-corrected chi connectivity index (χ1v) is 7.04. The molecule has 0 bridgehead atoms. The van der Waals surface area contributed by atoms with Crippen molar-refractivity contribution in [2.24, 2.45) is 0 Å². The van der Waals surface area contributed by atoms with Crippen molar-refractivity contribution in [3.05, 3.63) is 0 Å². The third kappa shape index (κ3) is 11.1. The molecule has 120 valence electrons. The van der Waals surface area contributed by atoms with Crippen LogP contribution < -0.4 is 5.32 Å². The highest BCUT2D eigenvalue weighted by atomic mass is 16.6. The predicted octanol–water partition coefficient (Wildman–Crippen LogP) is -0.822. The van der Waals surface area contributed by atoms with Crippen LogP contribution in [-0.2, 0) is 14.3 Å². The Morgan fingerprint density at radius 1 is 1.30 bits per heavy atom. The minimum Gasteiger partial charge on any atom is -0.466 e. The first-order chi connectivity index (χ1) is 9.63. The Morgan fingerprint density at radius 2 is 2.05 bits per heavy atom. The maximum atomic E-state index is 11.3. The molecular weight excluding hydrogens is 264 g/mol. The molecule has 0 aromatic heterocycles. The molecule has 7 nitrogen and oxygen atoms in total. The molecule has 0 aromatic rings. The Kier molecular flexibility index (Phi) is 12.8. The maximum Gasteiger partial charge on any atom is 0.307 e. The van der Waals surface area contributed by atoms with Crippen LogP contribution in [0.3, 0.4) is 0 Å². The van der Waals surface area contributed by atoms with Crippen molar-refractivity contribution < 1.29 is 24.5 Å². The molecule has 0 spiro atoms. The van der Waals surface area contributed by atoms with Gasteiger partial charge in [0.25, 0.3) is 0 Å². The molecule has 0 rings (SSSR count). The lowest BCUT2D eigenvalue weighted by molar-refractivity contribution is -0.143. The summed E-state index contributed by atoms with van der Waals surface area (Å²) in [5.41, 5.74) is 0. The van der Waals surface area contributed by atoms with Crippen molar-refractivity contribution in [3.8, 4) is 0 Å². The quantitative estimate of drug-likeness (QED) is 0.232. The molecule has 7 heteroatoms. The average molecular weight is 292 g/mol. The Balaban J connectivity index is 3.71. The first-order valence-electron chi connectivity index (χ1n) is 7.04. The van der Waals surface area contributed by atoms with Gasteiger partial charge in [-0.15, -0.1) is 0 Å². The Hall–Kier alpha value is -0.730. The van der Waals surface area contributed by atoms with Crippen LogP contribution in [0.25, 0.3) is 0 Å². The molecule has 1 unspecified atom stereocenters. The normalized spacial score (nSPS) is 12.7. The van der Waals surface area contributed by atoms with Gasteiger partial charge in [-0.05, 0) is 13.5 Å². The summed E-state index contributed by atoms with van der Waals surface area (Å²) in [6.45, 7) is 5.43. The van der Waals surface area contributed by atoms with E-state index in [2.05, 4.69) is 5.32 Å². The summed E-state index contributed by atoms with van der Waals surface area (Å²) in [6, 6.07) is 0. The average Bonchev–Trinajstić information content (AvgIpc) is 2.44. The van der Waals surface area contributed by atoms with E-state index in [9.17, 15) is 9.90 Å². The molecule has 0 amide bonds. The van der Waals surface area contributed by atoms with Gasteiger partial charge in [-0.2, -0.15) is 0 Å². The number of ether oxygens (including phenoxy) is 2. The minimum atomic E-state index is -0.736. The second-order valence-corrected chi connectivity index (χ2v) is 4.35. The van der Waals surface area contributed by atoms with E-state index in [0.717, 1.165) is 13.1 Å². The number of methoxy groups -OCH3 is 1. The van der Waals surface area contributed by atoms with E-state index >= 15 is 0 Å². The highest BCUT2D eigenvalue weighted by Gasteiger charge is 2.08. The monoisotopic (exact) mass is 292 g/mol. The second kappa shape index (κ2) is 13.3. The fraction of sp³-hybridized carbons (Fsp3) is 0.923. The van der Waals surface area contributed by atoms with Gasteiger partial charge in [0.05, 0.1) is 19.6 Å². The fourth-order valence-electron chi connectivity index (χ4n) is 1.66. The highest BCUT2D eigenvalue weighted by molar-refractivity contribution is 5.69. The summed E-state index contributed by atoms with van der Waals surface area (Å²) < 4.78 is 9.59. The van der Waals surface area contributed by atoms with Crippen LogP contribution in [0.5, 0.6) is 0 Å². The summed E-state index contributed by atoms with van der Waals surface area (Å²) in [5, 5.41) is 21.3. The molecule has 20 heavy (non-hydrogen) atoms. The molecule has 3 N–H and O–H groups in total. The van der Waals surface area contributed by atoms with Crippen molar-refractivity contribution in [1.29, 1.82) is 0 Å². The number of nitrogens with one attached hydrogen (secondary N) is 1. The van der Waals surface area contributed by atoms with E-state index in [-0.39, 0.29) is 12.6 Å². The molecule has 0 aliphatic carbocycles. The number of hydrogen-bond donors (Lipinski definition) is 3. The molecule has 0 aromatic carbocycles. The molecule has 0 aliphatic rings. The topological polar surface area (TPSA) is 91.3 Å². The van der Waals surface area contributed by atoms with Crippen LogP contribution in [0.2, 0.25) is 0 Å². The fourth-order valence-corrected chi connectivity index (χ4v) is 1.66. The van der Waals surface area contributed by atoms with E-state index in [1.807, 2.05) is 4.90 Å². The number of nitrogens with zero attached hydrogens (tertiary/aromatic N) is 1. The van der Waals surface area contributed by atoms with E-state index in [1.54, 1.807) is 6.92 Å². The van der Waals surface area contributed by atoms with Gasteiger partial charge >= 0.3 is 5.97 Å². The number of aliphatic hydroxyl groups is 2. The highest BCUT2D eigenvalue weighted by Crippen LogP contribution is 1.94. The van der Waals surface area contributed by atoms with E-state index in [0.29, 0.717) is 39.1 Å². The van der Waals surface area contributed by atoms with Crippen LogP contribution in [0, 0.1) is 0 Å². The lowest BCUT2D eigenvalue weighted by Gasteiger charge is -2.21. The van der Waals surface area contributed by atoms with E-state index < -0.39 is 6.29 Å². The number of hydrogen-bond acceptors (Lipinski definition) is 7. The molecule has 0 aliphatic heterocycles. The number of aliphatic hydroxyl groups excluding tert-OH is 2. The largest absolute Gasteiger partial charge is 0.466 e. The summed E-state index contributed by atoms with van der Waals surface area (Å²) in [5.74, 6) is -0.216. The van der Waals surface area contributed by atoms with Crippen molar-refractivity contribution in [3.63, 3.8) is 0 Å². The van der Waals surface area contributed by atoms with Crippen molar-refractivity contribution >= 4 is 5.97 Å². The predicted molar refractivity (Wildman–Crippen MR) is 75.3 cm³/mol. The van der Waals surface area contributed by atoms with E-state index in [4.69, 9.17) is 14.6 Å².